The van der Waals surface area contributed by atoms with Crippen molar-refractivity contribution < 1.29 is 18.7 Å². The Morgan fingerprint density at radius 3 is 2.91 bits per heavy atom. The van der Waals surface area contributed by atoms with Gasteiger partial charge in [0.15, 0.2) is 5.69 Å². The van der Waals surface area contributed by atoms with Crippen molar-refractivity contribution in [3.8, 4) is 5.88 Å². The minimum Gasteiger partial charge on any atom is -0.474 e. The summed E-state index contributed by atoms with van der Waals surface area (Å²) in [6.45, 7) is 3.57. The number of carbonyl (C=O) groups excluding carboxylic acids is 1. The quantitative estimate of drug-likeness (QED) is 0.783. The standard InChI is InChI=1S/C16H19N3O4/c1-2-21-15(20)13-11-22-16(18-13)19-9-6-12(7-10-19)23-14-5-3-4-8-17-14/h3-5,8,11-12H,2,6-7,9-10H2,1H3. The van der Waals surface area contributed by atoms with Crippen molar-refractivity contribution in [3.63, 3.8) is 0 Å². The molecule has 1 aliphatic heterocycles. The third kappa shape index (κ3) is 3.80. The summed E-state index contributed by atoms with van der Waals surface area (Å²) in [7, 11) is 0. The number of piperidine rings is 1. The number of anilines is 1. The number of esters is 1. The molecule has 3 heterocycles. The van der Waals surface area contributed by atoms with Crippen LogP contribution >= 0.6 is 0 Å². The number of hydrogen-bond acceptors (Lipinski definition) is 7. The molecule has 0 aliphatic carbocycles. The zero-order valence-electron chi connectivity index (χ0n) is 13.0. The van der Waals surface area contributed by atoms with Crippen molar-refractivity contribution in [3.05, 3.63) is 36.4 Å². The molecule has 0 spiro atoms. The van der Waals surface area contributed by atoms with E-state index < -0.39 is 5.97 Å². The van der Waals surface area contributed by atoms with Crippen molar-refractivity contribution in [1.82, 2.24) is 9.97 Å². The van der Waals surface area contributed by atoms with Gasteiger partial charge in [0.1, 0.15) is 12.4 Å². The highest BCUT2D eigenvalue weighted by atomic mass is 16.5. The van der Waals surface area contributed by atoms with E-state index in [9.17, 15) is 4.79 Å². The largest absolute Gasteiger partial charge is 0.474 e. The van der Waals surface area contributed by atoms with Crippen LogP contribution in [0.5, 0.6) is 5.88 Å². The molecule has 7 heteroatoms. The smallest absolute Gasteiger partial charge is 0.360 e. The van der Waals surface area contributed by atoms with Gasteiger partial charge >= 0.3 is 5.97 Å². The van der Waals surface area contributed by atoms with Crippen LogP contribution in [0.4, 0.5) is 6.01 Å². The monoisotopic (exact) mass is 317 g/mol. The van der Waals surface area contributed by atoms with Crippen molar-refractivity contribution in [2.24, 2.45) is 0 Å². The Kier molecular flexibility index (Phi) is 4.75. The molecule has 122 valence electrons. The number of hydrogen-bond donors (Lipinski definition) is 0. The maximum Gasteiger partial charge on any atom is 0.360 e. The summed E-state index contributed by atoms with van der Waals surface area (Å²) in [6, 6.07) is 6.07. The molecule has 23 heavy (non-hydrogen) atoms. The lowest BCUT2D eigenvalue weighted by molar-refractivity contribution is 0.0519. The molecular weight excluding hydrogens is 298 g/mol. The molecule has 0 unspecified atom stereocenters. The summed E-state index contributed by atoms with van der Waals surface area (Å²) in [5, 5.41) is 0. The van der Waals surface area contributed by atoms with Gasteiger partial charge in [-0.05, 0) is 13.0 Å². The fourth-order valence-electron chi connectivity index (χ4n) is 2.46. The zero-order valence-corrected chi connectivity index (χ0v) is 13.0. The number of pyridine rings is 1. The molecule has 1 aliphatic rings. The summed E-state index contributed by atoms with van der Waals surface area (Å²) in [5.41, 5.74) is 0.203. The first-order valence-corrected chi connectivity index (χ1v) is 7.71. The topological polar surface area (TPSA) is 77.7 Å². The molecule has 0 bridgehead atoms. The van der Waals surface area contributed by atoms with Crippen LogP contribution in [0.25, 0.3) is 0 Å². The number of ether oxygens (including phenoxy) is 2. The van der Waals surface area contributed by atoms with Crippen LogP contribution in [0.3, 0.4) is 0 Å². The maximum absolute atomic E-state index is 11.6. The predicted octanol–water partition coefficient (Wildman–Crippen LogP) is 2.29. The molecule has 0 aromatic carbocycles. The Morgan fingerprint density at radius 1 is 1.39 bits per heavy atom. The first kappa shape index (κ1) is 15.3. The van der Waals surface area contributed by atoms with Gasteiger partial charge in [0.25, 0.3) is 6.01 Å². The van der Waals surface area contributed by atoms with E-state index in [1.807, 2.05) is 23.1 Å². The second-order valence-electron chi connectivity index (χ2n) is 5.21. The van der Waals surface area contributed by atoms with E-state index in [4.69, 9.17) is 13.9 Å². The minimum atomic E-state index is -0.462. The van der Waals surface area contributed by atoms with Crippen molar-refractivity contribution in [2.45, 2.75) is 25.9 Å². The first-order valence-electron chi connectivity index (χ1n) is 7.71. The minimum absolute atomic E-state index is 0.126. The molecule has 3 rings (SSSR count). The second kappa shape index (κ2) is 7.13. The molecule has 0 amide bonds. The van der Waals surface area contributed by atoms with Crippen LogP contribution < -0.4 is 9.64 Å². The van der Waals surface area contributed by atoms with E-state index in [0.29, 0.717) is 18.5 Å². The summed E-state index contributed by atoms with van der Waals surface area (Å²) in [4.78, 5) is 22.0. The van der Waals surface area contributed by atoms with Crippen LogP contribution in [0.1, 0.15) is 30.3 Å². The number of nitrogens with zero attached hydrogens (tertiary/aromatic N) is 3. The van der Waals surface area contributed by atoms with E-state index in [1.54, 1.807) is 13.1 Å². The third-order valence-corrected chi connectivity index (χ3v) is 3.61. The molecule has 0 saturated carbocycles. The van der Waals surface area contributed by atoms with Gasteiger partial charge in [0.2, 0.25) is 5.88 Å². The number of rotatable bonds is 5. The fourth-order valence-corrected chi connectivity index (χ4v) is 2.46. The van der Waals surface area contributed by atoms with Crippen molar-refractivity contribution in [2.75, 3.05) is 24.6 Å². The first-order chi connectivity index (χ1) is 11.3. The molecule has 0 N–H and O–H groups in total. The summed E-state index contributed by atoms with van der Waals surface area (Å²) in [6.07, 6.45) is 4.86. The van der Waals surface area contributed by atoms with E-state index in [2.05, 4.69) is 9.97 Å². The van der Waals surface area contributed by atoms with E-state index in [0.717, 1.165) is 25.9 Å². The highest BCUT2D eigenvalue weighted by Crippen LogP contribution is 2.22. The Hall–Kier alpha value is -2.57. The van der Waals surface area contributed by atoms with E-state index in [-0.39, 0.29) is 11.8 Å². The number of aromatic nitrogens is 2. The van der Waals surface area contributed by atoms with Crippen molar-refractivity contribution in [1.29, 1.82) is 0 Å². The van der Waals surface area contributed by atoms with Gasteiger partial charge in [-0.1, -0.05) is 6.07 Å². The predicted molar refractivity (Wildman–Crippen MR) is 82.6 cm³/mol. The molecule has 1 fully saturated rings. The van der Waals surface area contributed by atoms with Crippen LogP contribution in [-0.2, 0) is 4.74 Å². The van der Waals surface area contributed by atoms with Crippen LogP contribution in [0.15, 0.2) is 35.1 Å². The number of oxazole rings is 1. The Balaban J connectivity index is 1.54. The fraction of sp³-hybridized carbons (Fsp3) is 0.438. The second-order valence-corrected chi connectivity index (χ2v) is 5.21. The Labute approximate surface area is 134 Å². The lowest BCUT2D eigenvalue weighted by Gasteiger charge is -2.30. The summed E-state index contributed by atoms with van der Waals surface area (Å²) in [5.74, 6) is 0.183. The number of carbonyl (C=O) groups is 1. The van der Waals surface area contributed by atoms with Crippen LogP contribution in [0, 0.1) is 0 Å². The van der Waals surface area contributed by atoms with Crippen LogP contribution in [-0.4, -0.2) is 41.7 Å². The highest BCUT2D eigenvalue weighted by molar-refractivity contribution is 5.87. The van der Waals surface area contributed by atoms with Gasteiger partial charge in [-0.25, -0.2) is 9.78 Å². The van der Waals surface area contributed by atoms with Gasteiger partial charge in [0, 0.05) is 38.2 Å². The van der Waals surface area contributed by atoms with Gasteiger partial charge in [0.05, 0.1) is 6.61 Å². The maximum atomic E-state index is 11.6. The zero-order chi connectivity index (χ0) is 16.1. The summed E-state index contributed by atoms with van der Waals surface area (Å²) < 4.78 is 16.1. The van der Waals surface area contributed by atoms with E-state index >= 15 is 0 Å². The van der Waals surface area contributed by atoms with Crippen LogP contribution in [0.2, 0.25) is 0 Å². The van der Waals surface area contributed by atoms with Crippen molar-refractivity contribution >= 4 is 12.0 Å². The molecule has 7 nitrogen and oxygen atoms in total. The van der Waals surface area contributed by atoms with E-state index in [1.165, 1.54) is 6.26 Å². The highest BCUT2D eigenvalue weighted by Gasteiger charge is 2.25. The Morgan fingerprint density at radius 2 is 2.22 bits per heavy atom. The molecule has 1 saturated heterocycles. The molecular formula is C16H19N3O4. The SMILES string of the molecule is CCOC(=O)c1coc(N2CCC(Oc3ccccn3)CC2)n1. The Bertz CT molecular complexity index is 636. The summed E-state index contributed by atoms with van der Waals surface area (Å²) >= 11 is 0. The van der Waals surface area contributed by atoms with Gasteiger partial charge in [-0.15, -0.1) is 0 Å². The lowest BCUT2D eigenvalue weighted by atomic mass is 10.1. The molecule has 2 aromatic rings. The average molecular weight is 317 g/mol. The van der Waals surface area contributed by atoms with Gasteiger partial charge in [-0.3, -0.25) is 0 Å². The average Bonchev–Trinajstić information content (AvgIpc) is 3.07. The molecule has 2 aromatic heterocycles. The normalized spacial score (nSPS) is 15.4. The molecule has 0 atom stereocenters. The van der Waals surface area contributed by atoms with Gasteiger partial charge in [-0.2, -0.15) is 4.98 Å². The lowest BCUT2D eigenvalue weighted by Crippen LogP contribution is -2.38. The van der Waals surface area contributed by atoms with Gasteiger partial charge < -0.3 is 18.8 Å². The molecule has 0 radical (unpaired) electrons. The third-order valence-electron chi connectivity index (χ3n) is 3.61.